The number of aromatic nitrogens is 3. The number of aliphatic imine (C=N–C) groups is 1. The molecule has 0 spiro atoms. The number of hydrogen-bond donors (Lipinski definition) is 3. The Hall–Kier alpha value is -2.94. The average Bonchev–Trinajstić information content (AvgIpc) is 3.05. The zero-order valence-electron chi connectivity index (χ0n) is 18.0. The number of primary amides is 1. The molecule has 9 nitrogen and oxygen atoms in total. The summed E-state index contributed by atoms with van der Waals surface area (Å²) in [4.78, 5) is 18.0. The van der Waals surface area contributed by atoms with Crippen molar-refractivity contribution in [3.8, 4) is 0 Å². The van der Waals surface area contributed by atoms with Crippen molar-refractivity contribution in [3.63, 3.8) is 0 Å². The van der Waals surface area contributed by atoms with Crippen molar-refractivity contribution in [2.24, 2.45) is 17.8 Å². The monoisotopic (exact) mass is 412 g/mol. The van der Waals surface area contributed by atoms with E-state index in [9.17, 15) is 4.79 Å². The van der Waals surface area contributed by atoms with Gasteiger partial charge in [-0.2, -0.15) is 0 Å². The van der Waals surface area contributed by atoms with E-state index in [1.54, 1.807) is 0 Å². The van der Waals surface area contributed by atoms with Crippen LogP contribution in [0, 0.1) is 6.92 Å². The highest BCUT2D eigenvalue weighted by atomic mass is 16.1. The summed E-state index contributed by atoms with van der Waals surface area (Å²) >= 11 is 0. The lowest BCUT2D eigenvalue weighted by atomic mass is 10.1. The van der Waals surface area contributed by atoms with E-state index in [-0.39, 0.29) is 18.0 Å². The summed E-state index contributed by atoms with van der Waals surface area (Å²) in [5.41, 5.74) is 6.51. The summed E-state index contributed by atoms with van der Waals surface area (Å²) in [6.07, 6.45) is 1.85. The second-order valence-electron chi connectivity index (χ2n) is 7.83. The minimum atomic E-state index is -0.277. The van der Waals surface area contributed by atoms with Gasteiger partial charge in [-0.15, -0.1) is 10.2 Å². The van der Waals surface area contributed by atoms with Gasteiger partial charge in [0, 0.05) is 26.2 Å². The molecular formula is C21H32N8O. The molecule has 0 aliphatic carbocycles. The molecule has 30 heavy (non-hydrogen) atoms. The van der Waals surface area contributed by atoms with Crippen molar-refractivity contribution >= 4 is 11.9 Å². The number of amides is 1. The third-order valence-corrected chi connectivity index (χ3v) is 5.52. The van der Waals surface area contributed by atoms with Gasteiger partial charge in [-0.05, 0) is 32.3 Å². The number of carbonyl (C=O) groups is 1. The average molecular weight is 413 g/mol. The van der Waals surface area contributed by atoms with Crippen LogP contribution in [0.2, 0.25) is 0 Å². The number of carbonyl (C=O) groups excluding carboxylic acids is 1. The molecule has 1 atom stereocenters. The molecule has 1 aliphatic heterocycles. The summed E-state index contributed by atoms with van der Waals surface area (Å²) in [5, 5.41) is 15.4. The van der Waals surface area contributed by atoms with E-state index in [1.165, 1.54) is 5.56 Å². The van der Waals surface area contributed by atoms with Crippen LogP contribution < -0.4 is 16.4 Å². The van der Waals surface area contributed by atoms with Crippen LogP contribution in [0.3, 0.4) is 0 Å². The van der Waals surface area contributed by atoms with Crippen molar-refractivity contribution < 1.29 is 4.79 Å². The number of nitrogens with zero attached hydrogens (tertiary/aromatic N) is 5. The fraction of sp³-hybridized carbons (Fsp3) is 0.524. The normalized spacial score (nSPS) is 17.0. The Morgan fingerprint density at radius 1 is 1.27 bits per heavy atom. The summed E-state index contributed by atoms with van der Waals surface area (Å²) in [6.45, 7) is 6.48. The third-order valence-electron chi connectivity index (χ3n) is 5.52. The molecule has 0 radical (unpaired) electrons. The predicted octanol–water partition coefficient (Wildman–Crippen LogP) is 0.870. The number of guanidine groups is 1. The van der Waals surface area contributed by atoms with Gasteiger partial charge in [0.25, 0.3) is 0 Å². The van der Waals surface area contributed by atoms with Gasteiger partial charge in [-0.25, -0.2) is 4.99 Å². The van der Waals surface area contributed by atoms with Gasteiger partial charge in [0.05, 0.1) is 12.6 Å². The lowest BCUT2D eigenvalue weighted by molar-refractivity contribution is -0.119. The zero-order valence-corrected chi connectivity index (χ0v) is 18.0. The van der Waals surface area contributed by atoms with Crippen molar-refractivity contribution in [1.82, 2.24) is 30.3 Å². The van der Waals surface area contributed by atoms with Gasteiger partial charge in [0.2, 0.25) is 5.91 Å². The minimum Gasteiger partial charge on any atom is -0.369 e. The number of rotatable bonds is 7. The molecule has 1 aromatic heterocycles. The van der Waals surface area contributed by atoms with Crippen molar-refractivity contribution in [3.05, 3.63) is 47.5 Å². The fourth-order valence-electron chi connectivity index (χ4n) is 3.55. The van der Waals surface area contributed by atoms with Crippen molar-refractivity contribution in [2.75, 3.05) is 19.6 Å². The molecule has 1 saturated heterocycles. The number of likely N-dealkylation sites (tertiary alicyclic amines) is 1. The first-order valence-corrected chi connectivity index (χ1v) is 10.4. The molecule has 4 N–H and O–H groups in total. The van der Waals surface area contributed by atoms with Crippen LogP contribution >= 0.6 is 0 Å². The van der Waals surface area contributed by atoms with Gasteiger partial charge in [-0.3, -0.25) is 9.69 Å². The number of benzene rings is 1. The van der Waals surface area contributed by atoms with Crippen LogP contribution in [-0.4, -0.2) is 57.2 Å². The summed E-state index contributed by atoms with van der Waals surface area (Å²) in [5.74, 6) is 2.15. The standard InChI is InChI=1S/C21H32N8O/c1-15(17-7-5-4-6-8-17)24-21(23-13-20-27-26-16(2)28(20)3)25-18-9-11-29(12-10-18)14-19(22)30/h4-8,15,18H,9-14H2,1-3H3,(H2,22,30)(H2,23,24,25). The molecule has 1 fully saturated rings. The second kappa shape index (κ2) is 10.2. The van der Waals surface area contributed by atoms with Crippen molar-refractivity contribution in [1.29, 1.82) is 0 Å². The van der Waals surface area contributed by atoms with Gasteiger partial charge in [-0.1, -0.05) is 30.3 Å². The number of nitrogens with two attached hydrogens (primary N) is 1. The molecule has 1 aromatic carbocycles. The second-order valence-corrected chi connectivity index (χ2v) is 7.83. The quantitative estimate of drug-likeness (QED) is 0.459. The van der Waals surface area contributed by atoms with E-state index >= 15 is 0 Å². The summed E-state index contributed by atoms with van der Waals surface area (Å²) in [7, 11) is 1.95. The molecule has 1 amide bonds. The lowest BCUT2D eigenvalue weighted by Gasteiger charge is -2.32. The highest BCUT2D eigenvalue weighted by molar-refractivity contribution is 5.80. The maximum atomic E-state index is 11.2. The number of hydrogen-bond acceptors (Lipinski definition) is 5. The van der Waals surface area contributed by atoms with Crippen molar-refractivity contribution in [2.45, 2.75) is 45.3 Å². The third kappa shape index (κ3) is 6.03. The Kier molecular flexibility index (Phi) is 7.40. The van der Waals surface area contributed by atoms with E-state index in [0.717, 1.165) is 43.5 Å². The molecule has 0 bridgehead atoms. The van der Waals surface area contributed by atoms with Crippen LogP contribution in [-0.2, 0) is 18.4 Å². The van der Waals surface area contributed by atoms with Gasteiger partial charge >= 0.3 is 0 Å². The molecule has 2 aromatic rings. The lowest BCUT2D eigenvalue weighted by Crippen LogP contribution is -2.50. The Morgan fingerprint density at radius 3 is 2.57 bits per heavy atom. The number of aryl methyl sites for hydroxylation is 1. The maximum Gasteiger partial charge on any atom is 0.231 e. The van der Waals surface area contributed by atoms with E-state index in [2.05, 4.69) is 44.8 Å². The summed E-state index contributed by atoms with van der Waals surface area (Å²) in [6, 6.07) is 10.7. The molecule has 3 rings (SSSR count). The van der Waals surface area contributed by atoms with Gasteiger partial charge < -0.3 is 20.9 Å². The van der Waals surface area contributed by atoms with Crippen LogP contribution in [0.4, 0.5) is 0 Å². The molecule has 9 heteroatoms. The fourth-order valence-corrected chi connectivity index (χ4v) is 3.55. The van der Waals surface area contributed by atoms with Crippen LogP contribution in [0.5, 0.6) is 0 Å². The largest absolute Gasteiger partial charge is 0.369 e. The predicted molar refractivity (Wildman–Crippen MR) is 117 cm³/mol. The van der Waals surface area contributed by atoms with Crippen LogP contribution in [0.25, 0.3) is 0 Å². The van der Waals surface area contributed by atoms with E-state index in [0.29, 0.717) is 13.1 Å². The highest BCUT2D eigenvalue weighted by Gasteiger charge is 2.21. The highest BCUT2D eigenvalue weighted by Crippen LogP contribution is 2.13. The van der Waals surface area contributed by atoms with Crippen LogP contribution in [0.15, 0.2) is 35.3 Å². The smallest absolute Gasteiger partial charge is 0.231 e. The maximum absolute atomic E-state index is 11.2. The Labute approximate surface area is 177 Å². The van der Waals surface area contributed by atoms with Crippen LogP contribution in [0.1, 0.15) is 43.0 Å². The molecule has 162 valence electrons. The number of piperidine rings is 1. The Bertz CT molecular complexity index is 855. The summed E-state index contributed by atoms with van der Waals surface area (Å²) < 4.78 is 1.95. The van der Waals surface area contributed by atoms with E-state index in [1.807, 2.05) is 36.7 Å². The Balaban J connectivity index is 1.66. The zero-order chi connectivity index (χ0) is 21.5. The number of nitrogens with one attached hydrogen (secondary N) is 2. The molecular weight excluding hydrogens is 380 g/mol. The van der Waals surface area contributed by atoms with Gasteiger partial charge in [0.1, 0.15) is 12.4 Å². The molecule has 0 saturated carbocycles. The SMILES string of the molecule is Cc1nnc(CN=C(NC2CCN(CC(N)=O)CC2)NC(C)c2ccccc2)n1C. The molecule has 1 aliphatic rings. The molecule has 1 unspecified atom stereocenters. The first-order valence-electron chi connectivity index (χ1n) is 10.4. The Morgan fingerprint density at radius 2 is 1.97 bits per heavy atom. The van der Waals surface area contributed by atoms with E-state index < -0.39 is 0 Å². The van der Waals surface area contributed by atoms with E-state index in [4.69, 9.17) is 10.7 Å². The van der Waals surface area contributed by atoms with Gasteiger partial charge in [0.15, 0.2) is 11.8 Å². The minimum absolute atomic E-state index is 0.105. The topological polar surface area (TPSA) is 113 Å². The first kappa shape index (κ1) is 21.8. The molecule has 2 heterocycles. The first-order chi connectivity index (χ1) is 14.4.